The summed E-state index contributed by atoms with van der Waals surface area (Å²) >= 11 is 0. The Labute approximate surface area is 183 Å². The summed E-state index contributed by atoms with van der Waals surface area (Å²) in [6.45, 7) is 5.99. The zero-order valence-corrected chi connectivity index (χ0v) is 18.3. The second kappa shape index (κ2) is 8.84. The van der Waals surface area contributed by atoms with Crippen LogP contribution in [0, 0.1) is 5.92 Å². The Bertz CT molecular complexity index is 1030. The van der Waals surface area contributed by atoms with Gasteiger partial charge in [0.1, 0.15) is 17.2 Å². The van der Waals surface area contributed by atoms with Crippen molar-refractivity contribution in [3.8, 4) is 11.5 Å². The molecular weight excluding hydrogens is 392 g/mol. The molecule has 1 saturated heterocycles. The minimum Gasteiger partial charge on any atom is -0.496 e. The highest BCUT2D eigenvalue weighted by Gasteiger charge is 2.44. The first-order chi connectivity index (χ1) is 15.1. The third-order valence-electron chi connectivity index (χ3n) is 5.81. The molecule has 2 aliphatic rings. The fourth-order valence-electron chi connectivity index (χ4n) is 4.44. The first-order valence-corrected chi connectivity index (χ1v) is 10.8. The lowest BCUT2D eigenvalue weighted by molar-refractivity contribution is -0.120. The highest BCUT2D eigenvalue weighted by Crippen LogP contribution is 2.41. The van der Waals surface area contributed by atoms with Gasteiger partial charge in [0.05, 0.1) is 25.0 Å². The average Bonchev–Trinajstić information content (AvgIpc) is 3.04. The summed E-state index contributed by atoms with van der Waals surface area (Å²) in [5, 5.41) is 0. The van der Waals surface area contributed by atoms with Crippen molar-refractivity contribution in [2.45, 2.75) is 26.7 Å². The van der Waals surface area contributed by atoms with E-state index in [0.717, 1.165) is 25.9 Å². The number of carbonyl (C=O) groups is 2. The molecule has 1 fully saturated rings. The topological polar surface area (TPSA) is 59.1 Å². The SMILES string of the molecule is CCOc1ccccc1N1C(=O)C(c2ccccc2OC)=C(N2CCCC(C)C2)C1=O. The van der Waals surface area contributed by atoms with Crippen molar-refractivity contribution >= 4 is 23.1 Å². The van der Waals surface area contributed by atoms with E-state index in [2.05, 4.69) is 11.8 Å². The zero-order chi connectivity index (χ0) is 22.0. The van der Waals surface area contributed by atoms with Crippen LogP contribution in [0.5, 0.6) is 11.5 Å². The van der Waals surface area contributed by atoms with Crippen LogP contribution in [0.3, 0.4) is 0 Å². The number of piperidine rings is 1. The van der Waals surface area contributed by atoms with Gasteiger partial charge < -0.3 is 14.4 Å². The predicted molar refractivity (Wildman–Crippen MR) is 120 cm³/mol. The Hall–Kier alpha value is -3.28. The van der Waals surface area contributed by atoms with Gasteiger partial charge in [0, 0.05) is 18.7 Å². The minimum atomic E-state index is -0.352. The lowest BCUT2D eigenvalue weighted by Gasteiger charge is -2.33. The average molecular weight is 421 g/mol. The summed E-state index contributed by atoms with van der Waals surface area (Å²) < 4.78 is 11.3. The molecule has 6 heteroatoms. The van der Waals surface area contributed by atoms with Crippen LogP contribution in [-0.4, -0.2) is 43.5 Å². The molecule has 0 bridgehead atoms. The maximum absolute atomic E-state index is 13.8. The third kappa shape index (κ3) is 3.78. The van der Waals surface area contributed by atoms with E-state index in [-0.39, 0.29) is 11.8 Å². The number of hydrogen-bond donors (Lipinski definition) is 0. The fraction of sp³-hybridized carbons (Fsp3) is 0.360. The number of nitrogens with zero attached hydrogens (tertiary/aromatic N) is 2. The van der Waals surface area contributed by atoms with Gasteiger partial charge in [0.2, 0.25) is 0 Å². The van der Waals surface area contributed by atoms with Gasteiger partial charge in [-0.15, -0.1) is 0 Å². The van der Waals surface area contributed by atoms with Gasteiger partial charge in [-0.3, -0.25) is 9.59 Å². The van der Waals surface area contributed by atoms with Gasteiger partial charge in [-0.2, -0.15) is 0 Å². The number of hydrogen-bond acceptors (Lipinski definition) is 5. The Morgan fingerprint density at radius 1 is 1.00 bits per heavy atom. The van der Waals surface area contributed by atoms with Crippen LogP contribution in [0.1, 0.15) is 32.3 Å². The van der Waals surface area contributed by atoms with Crippen molar-refractivity contribution in [3.05, 3.63) is 59.8 Å². The Kier molecular flexibility index (Phi) is 5.98. The van der Waals surface area contributed by atoms with Crippen molar-refractivity contribution in [2.24, 2.45) is 5.92 Å². The Morgan fingerprint density at radius 3 is 2.42 bits per heavy atom. The summed E-state index contributed by atoms with van der Waals surface area (Å²) in [4.78, 5) is 30.9. The highest BCUT2D eigenvalue weighted by molar-refractivity contribution is 6.46. The van der Waals surface area contributed by atoms with E-state index in [1.54, 1.807) is 19.2 Å². The molecule has 2 heterocycles. The molecule has 0 aliphatic carbocycles. The molecule has 2 aliphatic heterocycles. The Morgan fingerprint density at radius 2 is 1.71 bits per heavy atom. The number of para-hydroxylation sites is 3. The second-order valence-corrected chi connectivity index (χ2v) is 7.96. The van der Waals surface area contributed by atoms with Crippen molar-refractivity contribution in [1.29, 1.82) is 0 Å². The molecule has 4 rings (SSSR count). The van der Waals surface area contributed by atoms with E-state index in [4.69, 9.17) is 9.47 Å². The van der Waals surface area contributed by atoms with Gasteiger partial charge in [0.15, 0.2) is 0 Å². The van der Waals surface area contributed by atoms with Crippen molar-refractivity contribution in [2.75, 3.05) is 31.7 Å². The molecule has 0 saturated carbocycles. The van der Waals surface area contributed by atoms with E-state index in [9.17, 15) is 9.59 Å². The number of rotatable bonds is 6. The maximum atomic E-state index is 13.8. The monoisotopic (exact) mass is 420 g/mol. The van der Waals surface area contributed by atoms with E-state index < -0.39 is 0 Å². The summed E-state index contributed by atoms with van der Waals surface area (Å²) in [6, 6.07) is 14.5. The zero-order valence-electron chi connectivity index (χ0n) is 18.3. The van der Waals surface area contributed by atoms with E-state index in [1.165, 1.54) is 4.90 Å². The predicted octanol–water partition coefficient (Wildman–Crippen LogP) is 4.11. The lowest BCUT2D eigenvalue weighted by Crippen LogP contribution is -2.39. The summed E-state index contributed by atoms with van der Waals surface area (Å²) in [6.07, 6.45) is 2.10. The molecule has 6 nitrogen and oxygen atoms in total. The van der Waals surface area contributed by atoms with E-state index >= 15 is 0 Å². The molecule has 1 atom stereocenters. The standard InChI is InChI=1S/C25H28N2O4/c1-4-31-21-14-8-6-12-19(21)27-24(28)22(18-11-5-7-13-20(18)30-3)23(25(27)29)26-15-9-10-17(2)16-26/h5-8,11-14,17H,4,9-10,15-16H2,1-3H3. The first kappa shape index (κ1) is 21.0. The fourth-order valence-corrected chi connectivity index (χ4v) is 4.44. The van der Waals surface area contributed by atoms with Gasteiger partial charge >= 0.3 is 0 Å². The van der Waals surface area contributed by atoms with Gasteiger partial charge in [-0.1, -0.05) is 37.3 Å². The van der Waals surface area contributed by atoms with E-state index in [1.807, 2.05) is 43.3 Å². The number of amides is 2. The van der Waals surface area contributed by atoms with Crippen LogP contribution in [-0.2, 0) is 9.59 Å². The molecule has 0 aromatic heterocycles. The molecular formula is C25H28N2O4. The quantitative estimate of drug-likeness (QED) is 0.659. The molecule has 162 valence electrons. The normalized spacial score (nSPS) is 19.3. The van der Waals surface area contributed by atoms with Crippen LogP contribution in [0.25, 0.3) is 5.57 Å². The van der Waals surface area contributed by atoms with Gasteiger partial charge in [-0.25, -0.2) is 4.90 Å². The number of benzene rings is 2. The molecule has 0 radical (unpaired) electrons. The van der Waals surface area contributed by atoms with Crippen molar-refractivity contribution in [3.63, 3.8) is 0 Å². The smallest absolute Gasteiger partial charge is 0.282 e. The van der Waals surface area contributed by atoms with Gasteiger partial charge in [0.25, 0.3) is 11.8 Å². The van der Waals surface area contributed by atoms with Crippen molar-refractivity contribution < 1.29 is 19.1 Å². The Balaban J connectivity index is 1.87. The van der Waals surface area contributed by atoms with Crippen LogP contribution in [0.15, 0.2) is 54.2 Å². The summed E-state index contributed by atoms with van der Waals surface area (Å²) in [7, 11) is 1.57. The number of ether oxygens (including phenoxy) is 2. The summed E-state index contributed by atoms with van der Waals surface area (Å²) in [5.41, 5.74) is 1.94. The lowest BCUT2D eigenvalue weighted by atomic mass is 9.97. The molecule has 0 spiro atoms. The first-order valence-electron chi connectivity index (χ1n) is 10.8. The van der Waals surface area contributed by atoms with Crippen molar-refractivity contribution in [1.82, 2.24) is 4.90 Å². The molecule has 1 unspecified atom stereocenters. The van der Waals surface area contributed by atoms with Gasteiger partial charge in [-0.05, 0) is 43.9 Å². The van der Waals surface area contributed by atoms with Crippen LogP contribution >= 0.6 is 0 Å². The molecule has 31 heavy (non-hydrogen) atoms. The van der Waals surface area contributed by atoms with Crippen LogP contribution in [0.2, 0.25) is 0 Å². The second-order valence-electron chi connectivity index (χ2n) is 7.96. The number of methoxy groups -OCH3 is 1. The number of likely N-dealkylation sites (tertiary alicyclic amines) is 1. The van der Waals surface area contributed by atoms with Crippen LogP contribution in [0.4, 0.5) is 5.69 Å². The number of anilines is 1. The maximum Gasteiger partial charge on any atom is 0.282 e. The molecule has 2 amide bonds. The largest absolute Gasteiger partial charge is 0.496 e. The number of imide groups is 1. The van der Waals surface area contributed by atoms with E-state index in [0.29, 0.717) is 46.5 Å². The number of carbonyl (C=O) groups excluding carboxylic acids is 2. The minimum absolute atomic E-state index is 0.313. The third-order valence-corrected chi connectivity index (χ3v) is 5.81. The molecule has 0 N–H and O–H groups in total. The summed E-state index contributed by atoms with van der Waals surface area (Å²) in [5.74, 6) is 0.871. The highest BCUT2D eigenvalue weighted by atomic mass is 16.5. The molecule has 2 aromatic rings. The molecule has 2 aromatic carbocycles. The van der Waals surface area contributed by atoms with Crippen LogP contribution < -0.4 is 14.4 Å².